The second kappa shape index (κ2) is 5.37. The van der Waals surface area contributed by atoms with Gasteiger partial charge in [0.05, 0.1) is 0 Å². The van der Waals surface area contributed by atoms with Gasteiger partial charge in [-0.3, -0.25) is 24.1 Å². The highest BCUT2D eigenvalue weighted by atomic mass is 16.3. The summed E-state index contributed by atoms with van der Waals surface area (Å²) in [4.78, 5) is 47.7. The second-order valence-corrected chi connectivity index (χ2v) is 4.74. The third-order valence-electron chi connectivity index (χ3n) is 3.23. The molecule has 3 rings (SSSR count). The molecule has 3 aromatic rings. The quantitative estimate of drug-likeness (QED) is 0.559. The van der Waals surface area contributed by atoms with E-state index in [4.69, 9.17) is 0 Å². The molecule has 0 amide bonds. The van der Waals surface area contributed by atoms with Gasteiger partial charge in [-0.2, -0.15) is 0 Å². The zero-order valence-electron chi connectivity index (χ0n) is 11.9. The van der Waals surface area contributed by atoms with Crippen molar-refractivity contribution in [2.24, 2.45) is 7.05 Å². The Labute approximate surface area is 127 Å². The smallest absolute Gasteiger partial charge is 0.329 e. The van der Waals surface area contributed by atoms with Gasteiger partial charge in [0.15, 0.2) is 5.52 Å². The minimum absolute atomic E-state index is 0.00164. The van der Waals surface area contributed by atoms with Crippen LogP contribution in [0.15, 0.2) is 38.9 Å². The average Bonchev–Trinajstić information content (AvgIpc) is 2.55. The van der Waals surface area contributed by atoms with Crippen LogP contribution in [-0.4, -0.2) is 29.6 Å². The number of H-pyrrole nitrogens is 2. The van der Waals surface area contributed by atoms with E-state index >= 15 is 0 Å². The van der Waals surface area contributed by atoms with Crippen molar-refractivity contribution in [2.45, 2.75) is 0 Å². The number of hydrogen-bond acceptors (Lipinski definition) is 6. The van der Waals surface area contributed by atoms with E-state index in [1.807, 2.05) is 0 Å². The lowest BCUT2D eigenvalue weighted by Crippen LogP contribution is -2.31. The molecule has 0 saturated carbocycles. The molecule has 0 atom stereocenters. The Morgan fingerprint density at radius 1 is 1.26 bits per heavy atom. The Bertz CT molecular complexity index is 1090. The normalized spacial score (nSPS) is 11.8. The zero-order valence-corrected chi connectivity index (χ0v) is 11.9. The summed E-state index contributed by atoms with van der Waals surface area (Å²) in [6.45, 7) is 0. The van der Waals surface area contributed by atoms with Crippen LogP contribution >= 0.6 is 0 Å². The summed E-state index contributed by atoms with van der Waals surface area (Å²) >= 11 is 0. The van der Waals surface area contributed by atoms with E-state index in [0.29, 0.717) is 5.56 Å². The van der Waals surface area contributed by atoms with Crippen LogP contribution in [0.5, 0.6) is 0 Å². The van der Waals surface area contributed by atoms with Crippen molar-refractivity contribution >= 4 is 23.0 Å². The van der Waals surface area contributed by atoms with Gasteiger partial charge in [0.25, 0.3) is 11.1 Å². The third-order valence-corrected chi connectivity index (χ3v) is 3.23. The number of pyridine rings is 1. The summed E-state index contributed by atoms with van der Waals surface area (Å²) in [7, 11) is 1.39. The minimum Gasteiger partial charge on any atom is -0.507 e. The number of fused-ring (bicyclic) bond motifs is 1. The van der Waals surface area contributed by atoms with Gasteiger partial charge in [0.2, 0.25) is 0 Å². The molecule has 0 aromatic carbocycles. The Morgan fingerprint density at radius 2 is 2.04 bits per heavy atom. The summed E-state index contributed by atoms with van der Waals surface area (Å²) in [6.07, 6.45) is 4.08. The molecule has 0 saturated heterocycles. The number of rotatable bonds is 2. The number of nitrogens with zero attached hydrogens (tertiary/aromatic N) is 3. The van der Waals surface area contributed by atoms with Gasteiger partial charge in [-0.15, -0.1) is 0 Å². The molecular weight excluding hydrogens is 302 g/mol. The van der Waals surface area contributed by atoms with Gasteiger partial charge in [0, 0.05) is 31.1 Å². The van der Waals surface area contributed by atoms with Crippen LogP contribution in [0.1, 0.15) is 11.3 Å². The molecule has 3 N–H and O–H groups in total. The SMILES string of the molecule is Cn1c(=O)[nH]c(=O)c2nc(/C=C(\O)c3cccnc3)c(=O)[nH]c21. The first-order chi connectivity index (χ1) is 11.0. The number of nitrogens with one attached hydrogen (secondary N) is 2. The summed E-state index contributed by atoms with van der Waals surface area (Å²) in [5.74, 6) is -0.225. The van der Waals surface area contributed by atoms with Crippen LogP contribution in [0.25, 0.3) is 23.0 Å². The standard InChI is InChI=1S/C14H11N5O4/c1-19-11-10(13(22)18-14(19)23)16-8(12(21)17-11)5-9(20)7-3-2-4-15-6-7/h2-6,20H,1H3,(H,17,21)(H,18,22,23)/b9-5-. The molecule has 0 aliphatic rings. The van der Waals surface area contributed by atoms with Crippen molar-refractivity contribution in [3.8, 4) is 0 Å². The van der Waals surface area contributed by atoms with E-state index in [1.54, 1.807) is 12.1 Å². The van der Waals surface area contributed by atoms with Crippen molar-refractivity contribution in [2.75, 3.05) is 0 Å². The lowest BCUT2D eigenvalue weighted by atomic mass is 10.2. The zero-order chi connectivity index (χ0) is 16.6. The number of hydrogen-bond donors (Lipinski definition) is 3. The van der Waals surface area contributed by atoms with Gasteiger partial charge in [0.1, 0.15) is 17.1 Å². The summed E-state index contributed by atoms with van der Waals surface area (Å²) < 4.78 is 1.07. The molecule has 116 valence electrons. The maximum Gasteiger partial charge on any atom is 0.329 e. The van der Waals surface area contributed by atoms with Crippen molar-refractivity contribution in [3.63, 3.8) is 0 Å². The Morgan fingerprint density at radius 3 is 2.74 bits per heavy atom. The Kier molecular flexibility index (Phi) is 3.37. The van der Waals surface area contributed by atoms with Crippen molar-refractivity contribution in [1.29, 1.82) is 0 Å². The lowest BCUT2D eigenvalue weighted by Gasteiger charge is -2.04. The molecule has 0 spiro atoms. The van der Waals surface area contributed by atoms with E-state index in [-0.39, 0.29) is 22.6 Å². The minimum atomic E-state index is -0.727. The highest BCUT2D eigenvalue weighted by Gasteiger charge is 2.11. The van der Waals surface area contributed by atoms with Crippen LogP contribution < -0.4 is 16.8 Å². The summed E-state index contributed by atoms with van der Waals surface area (Å²) in [6, 6.07) is 3.22. The Hall–Kier alpha value is -3.49. The van der Waals surface area contributed by atoms with Crippen LogP contribution in [0, 0.1) is 0 Å². The average molecular weight is 313 g/mol. The highest BCUT2D eigenvalue weighted by Crippen LogP contribution is 2.11. The Balaban J connectivity index is 2.24. The molecular formula is C14H11N5O4. The molecule has 0 bridgehead atoms. The van der Waals surface area contributed by atoms with Crippen LogP contribution in [0.3, 0.4) is 0 Å². The monoisotopic (exact) mass is 313 g/mol. The van der Waals surface area contributed by atoms with E-state index in [9.17, 15) is 19.5 Å². The van der Waals surface area contributed by atoms with Crippen molar-refractivity contribution < 1.29 is 5.11 Å². The predicted molar refractivity (Wildman–Crippen MR) is 83.0 cm³/mol. The first-order valence-corrected chi connectivity index (χ1v) is 6.52. The molecule has 0 aliphatic carbocycles. The van der Waals surface area contributed by atoms with E-state index in [2.05, 4.69) is 19.9 Å². The molecule has 9 heteroatoms. The maximum atomic E-state index is 12.1. The fraction of sp³-hybridized carbons (Fsp3) is 0.0714. The highest BCUT2D eigenvalue weighted by molar-refractivity contribution is 5.77. The van der Waals surface area contributed by atoms with Gasteiger partial charge < -0.3 is 10.1 Å². The maximum absolute atomic E-state index is 12.1. The number of aromatic amines is 2. The molecule has 9 nitrogen and oxygen atoms in total. The summed E-state index contributed by atoms with van der Waals surface area (Å²) in [5.41, 5.74) is -1.92. The number of aryl methyl sites for hydroxylation is 1. The third kappa shape index (κ3) is 2.55. The van der Waals surface area contributed by atoms with Gasteiger partial charge >= 0.3 is 5.69 Å². The first-order valence-electron chi connectivity index (χ1n) is 6.52. The molecule has 3 aromatic heterocycles. The number of aromatic nitrogens is 5. The summed E-state index contributed by atoms with van der Waals surface area (Å²) in [5, 5.41) is 10.0. The van der Waals surface area contributed by atoms with E-state index in [1.165, 1.54) is 19.4 Å². The van der Waals surface area contributed by atoms with E-state index in [0.717, 1.165) is 10.6 Å². The van der Waals surface area contributed by atoms with Gasteiger partial charge in [-0.1, -0.05) is 0 Å². The van der Waals surface area contributed by atoms with Crippen LogP contribution in [0.4, 0.5) is 0 Å². The van der Waals surface area contributed by atoms with Crippen molar-refractivity contribution in [1.82, 2.24) is 24.5 Å². The molecule has 0 unspecified atom stereocenters. The van der Waals surface area contributed by atoms with Crippen LogP contribution in [-0.2, 0) is 7.05 Å². The topological polar surface area (TPSA) is 134 Å². The molecule has 0 aliphatic heterocycles. The van der Waals surface area contributed by atoms with E-state index < -0.39 is 16.8 Å². The van der Waals surface area contributed by atoms with Crippen LogP contribution in [0.2, 0.25) is 0 Å². The molecule has 0 radical (unpaired) electrons. The number of aliphatic hydroxyl groups is 1. The lowest BCUT2D eigenvalue weighted by molar-refractivity contribution is 0.515. The number of aliphatic hydroxyl groups excluding tert-OH is 1. The second-order valence-electron chi connectivity index (χ2n) is 4.74. The van der Waals surface area contributed by atoms with Gasteiger partial charge in [-0.25, -0.2) is 9.78 Å². The van der Waals surface area contributed by atoms with Crippen molar-refractivity contribution in [3.05, 3.63) is 67.0 Å². The molecule has 23 heavy (non-hydrogen) atoms. The van der Waals surface area contributed by atoms with Gasteiger partial charge in [-0.05, 0) is 12.1 Å². The fourth-order valence-corrected chi connectivity index (χ4v) is 2.02. The molecule has 3 heterocycles. The largest absolute Gasteiger partial charge is 0.507 e. The molecule has 0 fully saturated rings. The first kappa shape index (κ1) is 14.4. The fourth-order valence-electron chi connectivity index (χ4n) is 2.02. The predicted octanol–water partition coefficient (Wildman–Crippen LogP) is -0.239.